The average molecular weight is 272 g/mol. The molecular formula is C13H12N4O3. The quantitative estimate of drug-likeness (QED) is 0.663. The zero-order valence-corrected chi connectivity index (χ0v) is 10.7. The molecule has 0 bridgehead atoms. The van der Waals surface area contributed by atoms with Gasteiger partial charge in [0.05, 0.1) is 10.6 Å². The zero-order valence-electron chi connectivity index (χ0n) is 10.7. The molecule has 102 valence electrons. The van der Waals surface area contributed by atoms with E-state index in [1.807, 2.05) is 0 Å². The summed E-state index contributed by atoms with van der Waals surface area (Å²) in [5.41, 5.74) is 1.03. The van der Waals surface area contributed by atoms with E-state index in [9.17, 15) is 14.9 Å². The van der Waals surface area contributed by atoms with E-state index in [0.717, 1.165) is 5.56 Å². The molecule has 0 aliphatic carbocycles. The van der Waals surface area contributed by atoms with Crippen molar-refractivity contribution >= 4 is 23.2 Å². The summed E-state index contributed by atoms with van der Waals surface area (Å²) in [6, 6.07) is 8.88. The van der Waals surface area contributed by atoms with E-state index in [4.69, 9.17) is 0 Å². The first-order chi connectivity index (χ1) is 9.56. The van der Waals surface area contributed by atoms with Gasteiger partial charge in [-0.1, -0.05) is 12.1 Å². The molecule has 7 heteroatoms. The van der Waals surface area contributed by atoms with Crippen LogP contribution in [0.4, 0.5) is 22.0 Å². The fraction of sp³-hybridized carbons (Fsp3) is 0.0769. The number of nitrogens with one attached hydrogen (secondary N) is 2. The van der Waals surface area contributed by atoms with Crippen molar-refractivity contribution in [3.63, 3.8) is 0 Å². The number of urea groups is 1. The molecule has 20 heavy (non-hydrogen) atoms. The Kier molecular flexibility index (Phi) is 3.90. The monoisotopic (exact) mass is 272 g/mol. The maximum absolute atomic E-state index is 11.8. The van der Waals surface area contributed by atoms with Gasteiger partial charge in [0.25, 0.3) is 5.69 Å². The van der Waals surface area contributed by atoms with E-state index >= 15 is 0 Å². The van der Waals surface area contributed by atoms with Gasteiger partial charge in [0.15, 0.2) is 0 Å². The number of nitrogens with zero attached hydrogens (tertiary/aromatic N) is 2. The minimum atomic E-state index is -0.513. The van der Waals surface area contributed by atoms with Crippen LogP contribution in [-0.4, -0.2) is 15.9 Å². The Morgan fingerprint density at radius 2 is 2.05 bits per heavy atom. The second-order valence-electron chi connectivity index (χ2n) is 4.05. The van der Waals surface area contributed by atoms with Crippen LogP contribution in [0.5, 0.6) is 0 Å². The zero-order chi connectivity index (χ0) is 14.5. The molecule has 0 spiro atoms. The summed E-state index contributed by atoms with van der Waals surface area (Å²) in [6.45, 7) is 1.75. The first kappa shape index (κ1) is 13.5. The lowest BCUT2D eigenvalue weighted by Crippen LogP contribution is -2.20. The Hall–Kier alpha value is -2.96. The molecule has 0 fully saturated rings. The smallest absolute Gasteiger partial charge is 0.307 e. The highest BCUT2D eigenvalue weighted by Crippen LogP contribution is 2.21. The molecule has 2 rings (SSSR count). The Morgan fingerprint density at radius 3 is 2.70 bits per heavy atom. The van der Waals surface area contributed by atoms with Crippen LogP contribution in [0.1, 0.15) is 5.56 Å². The van der Waals surface area contributed by atoms with E-state index in [-0.39, 0.29) is 5.69 Å². The van der Waals surface area contributed by atoms with Gasteiger partial charge in [0.1, 0.15) is 5.82 Å². The highest BCUT2D eigenvalue weighted by molar-refractivity contribution is 5.99. The lowest BCUT2D eigenvalue weighted by Gasteiger charge is -2.09. The number of aryl methyl sites for hydroxylation is 1. The summed E-state index contributed by atoms with van der Waals surface area (Å²) >= 11 is 0. The Labute approximate surface area is 114 Å². The number of anilines is 2. The SMILES string of the molecule is Cc1ccc([N+](=O)[O-])cc1NC(=O)Nc1ccccn1. The van der Waals surface area contributed by atoms with Gasteiger partial charge < -0.3 is 5.32 Å². The number of hydrogen-bond donors (Lipinski definition) is 2. The molecule has 0 atom stereocenters. The minimum Gasteiger partial charge on any atom is -0.307 e. The number of hydrogen-bond acceptors (Lipinski definition) is 4. The van der Waals surface area contributed by atoms with Gasteiger partial charge in [-0.15, -0.1) is 0 Å². The molecule has 0 saturated heterocycles. The van der Waals surface area contributed by atoms with Crippen molar-refractivity contribution in [2.24, 2.45) is 0 Å². The summed E-state index contributed by atoms with van der Waals surface area (Å²) in [6.07, 6.45) is 1.55. The van der Waals surface area contributed by atoms with Crippen molar-refractivity contribution in [1.82, 2.24) is 4.98 Å². The van der Waals surface area contributed by atoms with Crippen LogP contribution in [0.2, 0.25) is 0 Å². The third-order valence-corrected chi connectivity index (χ3v) is 2.59. The maximum Gasteiger partial charge on any atom is 0.324 e. The van der Waals surface area contributed by atoms with E-state index < -0.39 is 11.0 Å². The van der Waals surface area contributed by atoms with Gasteiger partial charge in [-0.2, -0.15) is 0 Å². The second kappa shape index (κ2) is 5.79. The molecule has 2 aromatic rings. The fourth-order valence-corrected chi connectivity index (χ4v) is 1.56. The molecule has 0 unspecified atom stereocenters. The van der Waals surface area contributed by atoms with E-state index in [1.165, 1.54) is 12.1 Å². The highest BCUT2D eigenvalue weighted by atomic mass is 16.6. The second-order valence-corrected chi connectivity index (χ2v) is 4.05. The number of benzene rings is 1. The van der Waals surface area contributed by atoms with Gasteiger partial charge in [-0.25, -0.2) is 9.78 Å². The van der Waals surface area contributed by atoms with Crippen molar-refractivity contribution in [1.29, 1.82) is 0 Å². The van der Waals surface area contributed by atoms with Crippen molar-refractivity contribution < 1.29 is 9.72 Å². The summed E-state index contributed by atoms with van der Waals surface area (Å²) in [5.74, 6) is 0.396. The molecule has 1 aromatic carbocycles. The molecule has 0 saturated carbocycles. The third-order valence-electron chi connectivity index (χ3n) is 2.59. The number of non-ortho nitro benzene ring substituents is 1. The van der Waals surface area contributed by atoms with Gasteiger partial charge >= 0.3 is 6.03 Å². The Bertz CT molecular complexity index is 643. The number of carbonyl (C=O) groups excluding carboxylic acids is 1. The van der Waals surface area contributed by atoms with Gasteiger partial charge in [0.2, 0.25) is 0 Å². The Balaban J connectivity index is 2.11. The fourth-order valence-electron chi connectivity index (χ4n) is 1.56. The molecule has 1 aromatic heterocycles. The molecule has 0 aliphatic heterocycles. The average Bonchev–Trinajstić information content (AvgIpc) is 2.42. The summed E-state index contributed by atoms with van der Waals surface area (Å²) < 4.78 is 0. The summed E-state index contributed by atoms with van der Waals surface area (Å²) in [7, 11) is 0. The number of aromatic nitrogens is 1. The minimum absolute atomic E-state index is 0.0799. The first-order valence-electron chi connectivity index (χ1n) is 5.80. The van der Waals surface area contributed by atoms with Crippen LogP contribution in [0.3, 0.4) is 0 Å². The van der Waals surface area contributed by atoms with Crippen molar-refractivity contribution in [2.45, 2.75) is 6.92 Å². The van der Waals surface area contributed by atoms with Crippen LogP contribution in [0.15, 0.2) is 42.6 Å². The largest absolute Gasteiger partial charge is 0.324 e. The van der Waals surface area contributed by atoms with Crippen LogP contribution in [0, 0.1) is 17.0 Å². The number of pyridine rings is 1. The van der Waals surface area contributed by atoms with Crippen molar-refractivity contribution in [3.8, 4) is 0 Å². The molecule has 0 aliphatic rings. The molecule has 0 radical (unpaired) electrons. The maximum atomic E-state index is 11.8. The standard InChI is InChI=1S/C13H12N4O3/c1-9-5-6-10(17(19)20)8-11(9)15-13(18)16-12-4-2-3-7-14-12/h2-8H,1H3,(H2,14,15,16,18). The van der Waals surface area contributed by atoms with E-state index in [1.54, 1.807) is 37.4 Å². The Morgan fingerprint density at radius 1 is 1.25 bits per heavy atom. The van der Waals surface area contributed by atoms with E-state index in [0.29, 0.717) is 11.5 Å². The number of amides is 2. The van der Waals surface area contributed by atoms with Crippen molar-refractivity contribution in [2.75, 3.05) is 10.6 Å². The van der Waals surface area contributed by atoms with Crippen LogP contribution < -0.4 is 10.6 Å². The predicted molar refractivity (Wildman–Crippen MR) is 74.7 cm³/mol. The van der Waals surface area contributed by atoms with Gasteiger partial charge in [-0.3, -0.25) is 15.4 Å². The highest BCUT2D eigenvalue weighted by Gasteiger charge is 2.11. The number of rotatable bonds is 3. The van der Waals surface area contributed by atoms with Crippen LogP contribution in [0.25, 0.3) is 0 Å². The molecule has 7 nitrogen and oxygen atoms in total. The van der Waals surface area contributed by atoms with Crippen LogP contribution in [-0.2, 0) is 0 Å². The topological polar surface area (TPSA) is 97.2 Å². The summed E-state index contributed by atoms with van der Waals surface area (Å²) in [4.78, 5) is 25.9. The molecule has 2 amide bonds. The number of nitro groups is 1. The summed E-state index contributed by atoms with van der Waals surface area (Å²) in [5, 5.41) is 15.8. The number of carbonyl (C=O) groups is 1. The third kappa shape index (κ3) is 3.29. The van der Waals surface area contributed by atoms with E-state index in [2.05, 4.69) is 15.6 Å². The van der Waals surface area contributed by atoms with Crippen molar-refractivity contribution in [3.05, 3.63) is 58.3 Å². The molecular weight excluding hydrogens is 260 g/mol. The molecule has 1 heterocycles. The number of nitro benzene ring substituents is 1. The lowest BCUT2D eigenvalue weighted by molar-refractivity contribution is -0.384. The molecule has 2 N–H and O–H groups in total. The van der Waals surface area contributed by atoms with Gasteiger partial charge in [-0.05, 0) is 24.6 Å². The first-order valence-corrected chi connectivity index (χ1v) is 5.80. The normalized spacial score (nSPS) is 9.85. The predicted octanol–water partition coefficient (Wildman–Crippen LogP) is 2.94. The lowest BCUT2D eigenvalue weighted by atomic mass is 10.2. The van der Waals surface area contributed by atoms with Gasteiger partial charge in [0, 0.05) is 18.3 Å². The van der Waals surface area contributed by atoms with Crippen LogP contribution >= 0.6 is 0 Å².